The minimum absolute atomic E-state index is 0.0117. The summed E-state index contributed by atoms with van der Waals surface area (Å²) in [5.74, 6) is -2.61. The standard InChI is InChI=1S/C14H12F2O4/c1-8(10-6-7-12(20-10)14(17)18-2)19-11-5-3-4-9(15)13(11)16/h3-8H,1-2H3. The SMILES string of the molecule is COC(=O)c1ccc(C(C)Oc2cccc(F)c2F)o1. The number of esters is 1. The Balaban J connectivity index is 2.16. The molecule has 0 radical (unpaired) electrons. The average Bonchev–Trinajstić information content (AvgIpc) is 2.93. The molecular weight excluding hydrogens is 270 g/mol. The van der Waals surface area contributed by atoms with Crippen LogP contribution in [0.1, 0.15) is 29.3 Å². The van der Waals surface area contributed by atoms with E-state index in [0.717, 1.165) is 6.07 Å². The van der Waals surface area contributed by atoms with Crippen molar-refractivity contribution in [3.8, 4) is 5.75 Å². The molecule has 2 rings (SSSR count). The van der Waals surface area contributed by atoms with Crippen molar-refractivity contribution in [2.24, 2.45) is 0 Å². The van der Waals surface area contributed by atoms with Gasteiger partial charge in [-0.3, -0.25) is 0 Å². The first-order valence-electron chi connectivity index (χ1n) is 5.81. The molecule has 0 bridgehead atoms. The Kier molecular flexibility index (Phi) is 4.02. The number of halogens is 2. The third kappa shape index (κ3) is 2.79. The molecule has 1 unspecified atom stereocenters. The molecule has 1 heterocycles. The molecule has 1 atom stereocenters. The number of carbonyl (C=O) groups excluding carboxylic acids is 1. The first-order chi connectivity index (χ1) is 9.52. The summed E-state index contributed by atoms with van der Waals surface area (Å²) in [6.45, 7) is 1.59. The predicted octanol–water partition coefficient (Wildman–Crippen LogP) is 3.48. The van der Waals surface area contributed by atoms with E-state index in [1.54, 1.807) is 6.92 Å². The van der Waals surface area contributed by atoms with Gasteiger partial charge in [0, 0.05) is 0 Å². The summed E-state index contributed by atoms with van der Waals surface area (Å²) in [6.07, 6.45) is -0.690. The van der Waals surface area contributed by atoms with Crippen molar-refractivity contribution in [1.82, 2.24) is 0 Å². The highest BCUT2D eigenvalue weighted by atomic mass is 19.2. The van der Waals surface area contributed by atoms with Crippen LogP contribution < -0.4 is 4.74 Å². The van der Waals surface area contributed by atoms with Crippen LogP contribution in [0.5, 0.6) is 5.75 Å². The highest BCUT2D eigenvalue weighted by Crippen LogP contribution is 2.26. The highest BCUT2D eigenvalue weighted by molar-refractivity contribution is 5.86. The lowest BCUT2D eigenvalue weighted by Crippen LogP contribution is -2.04. The van der Waals surface area contributed by atoms with E-state index in [2.05, 4.69) is 4.74 Å². The lowest BCUT2D eigenvalue weighted by Gasteiger charge is -2.13. The van der Waals surface area contributed by atoms with E-state index in [-0.39, 0.29) is 11.5 Å². The van der Waals surface area contributed by atoms with E-state index in [9.17, 15) is 13.6 Å². The Bertz CT molecular complexity index is 621. The Morgan fingerprint density at radius 1 is 1.25 bits per heavy atom. The number of methoxy groups -OCH3 is 1. The van der Waals surface area contributed by atoms with Gasteiger partial charge in [0.05, 0.1) is 7.11 Å². The number of benzene rings is 1. The molecule has 0 aliphatic rings. The zero-order valence-electron chi connectivity index (χ0n) is 10.9. The van der Waals surface area contributed by atoms with Gasteiger partial charge in [-0.15, -0.1) is 0 Å². The van der Waals surface area contributed by atoms with Gasteiger partial charge in [-0.2, -0.15) is 4.39 Å². The normalized spacial score (nSPS) is 12.0. The monoisotopic (exact) mass is 282 g/mol. The van der Waals surface area contributed by atoms with Crippen LogP contribution in [-0.4, -0.2) is 13.1 Å². The van der Waals surface area contributed by atoms with Gasteiger partial charge in [0.2, 0.25) is 11.6 Å². The topological polar surface area (TPSA) is 48.7 Å². The number of furan rings is 1. The van der Waals surface area contributed by atoms with E-state index >= 15 is 0 Å². The third-order valence-electron chi connectivity index (χ3n) is 2.63. The van der Waals surface area contributed by atoms with Crippen molar-refractivity contribution >= 4 is 5.97 Å². The van der Waals surface area contributed by atoms with Gasteiger partial charge in [0.25, 0.3) is 0 Å². The van der Waals surface area contributed by atoms with Gasteiger partial charge in [-0.05, 0) is 31.2 Å². The zero-order chi connectivity index (χ0) is 14.7. The van der Waals surface area contributed by atoms with E-state index in [4.69, 9.17) is 9.15 Å². The fourth-order valence-electron chi connectivity index (χ4n) is 1.61. The minimum atomic E-state index is -1.07. The molecule has 2 aromatic rings. The van der Waals surface area contributed by atoms with Gasteiger partial charge in [-0.25, -0.2) is 9.18 Å². The average molecular weight is 282 g/mol. The van der Waals surface area contributed by atoms with Gasteiger partial charge in [-0.1, -0.05) is 6.07 Å². The summed E-state index contributed by atoms with van der Waals surface area (Å²) in [7, 11) is 1.23. The van der Waals surface area contributed by atoms with Crippen LogP contribution in [0.4, 0.5) is 8.78 Å². The summed E-state index contributed by atoms with van der Waals surface area (Å²) in [5.41, 5.74) is 0. The van der Waals surface area contributed by atoms with Gasteiger partial charge < -0.3 is 13.9 Å². The molecule has 106 valence electrons. The van der Waals surface area contributed by atoms with Crippen molar-refractivity contribution in [1.29, 1.82) is 0 Å². The number of carbonyl (C=O) groups is 1. The van der Waals surface area contributed by atoms with Crippen LogP contribution in [-0.2, 0) is 4.74 Å². The second kappa shape index (κ2) is 5.73. The summed E-state index contributed by atoms with van der Waals surface area (Å²) >= 11 is 0. The maximum absolute atomic E-state index is 13.5. The molecule has 0 aliphatic carbocycles. The van der Waals surface area contributed by atoms with E-state index in [1.165, 1.54) is 31.4 Å². The molecule has 0 amide bonds. The van der Waals surface area contributed by atoms with E-state index in [0.29, 0.717) is 5.76 Å². The largest absolute Gasteiger partial charge is 0.480 e. The Morgan fingerprint density at radius 3 is 2.70 bits per heavy atom. The van der Waals surface area contributed by atoms with Crippen LogP contribution in [0.2, 0.25) is 0 Å². The molecule has 0 spiro atoms. The van der Waals surface area contributed by atoms with Crippen molar-refractivity contribution in [2.75, 3.05) is 7.11 Å². The summed E-state index contributed by atoms with van der Waals surface area (Å²) in [5, 5.41) is 0. The summed E-state index contributed by atoms with van der Waals surface area (Å²) in [4.78, 5) is 11.2. The van der Waals surface area contributed by atoms with Crippen LogP contribution in [0, 0.1) is 11.6 Å². The van der Waals surface area contributed by atoms with E-state index < -0.39 is 23.7 Å². The third-order valence-corrected chi connectivity index (χ3v) is 2.63. The van der Waals surface area contributed by atoms with Crippen molar-refractivity contribution in [3.05, 3.63) is 53.5 Å². The molecule has 0 fully saturated rings. The zero-order valence-corrected chi connectivity index (χ0v) is 10.9. The Hall–Kier alpha value is -2.37. The second-order valence-corrected chi connectivity index (χ2v) is 4.01. The summed E-state index contributed by atoms with van der Waals surface area (Å²) < 4.78 is 41.5. The number of rotatable bonds is 4. The molecular formula is C14H12F2O4. The van der Waals surface area contributed by atoms with Gasteiger partial charge in [0.15, 0.2) is 17.7 Å². The number of hydrogen-bond acceptors (Lipinski definition) is 4. The van der Waals surface area contributed by atoms with Crippen LogP contribution >= 0.6 is 0 Å². The molecule has 20 heavy (non-hydrogen) atoms. The van der Waals surface area contributed by atoms with E-state index in [1.807, 2.05) is 0 Å². The Morgan fingerprint density at radius 2 is 2.00 bits per heavy atom. The molecule has 0 aliphatic heterocycles. The van der Waals surface area contributed by atoms with Gasteiger partial charge >= 0.3 is 5.97 Å². The van der Waals surface area contributed by atoms with Crippen LogP contribution in [0.15, 0.2) is 34.7 Å². The molecule has 1 aromatic heterocycles. The molecule has 0 saturated heterocycles. The van der Waals surface area contributed by atoms with Crippen molar-refractivity contribution in [2.45, 2.75) is 13.0 Å². The molecule has 6 heteroatoms. The smallest absolute Gasteiger partial charge is 0.373 e. The fourth-order valence-corrected chi connectivity index (χ4v) is 1.61. The first kappa shape index (κ1) is 14.0. The lowest BCUT2D eigenvalue weighted by molar-refractivity contribution is 0.0558. The van der Waals surface area contributed by atoms with Crippen molar-refractivity contribution < 1.29 is 27.5 Å². The number of ether oxygens (including phenoxy) is 2. The molecule has 4 nitrogen and oxygen atoms in total. The van der Waals surface area contributed by atoms with Gasteiger partial charge in [0.1, 0.15) is 5.76 Å². The maximum Gasteiger partial charge on any atom is 0.373 e. The highest BCUT2D eigenvalue weighted by Gasteiger charge is 2.18. The quantitative estimate of drug-likeness (QED) is 0.805. The minimum Gasteiger partial charge on any atom is -0.480 e. The fraction of sp³-hybridized carbons (Fsp3) is 0.214. The second-order valence-electron chi connectivity index (χ2n) is 4.01. The molecule has 0 N–H and O–H groups in total. The van der Waals surface area contributed by atoms with Crippen molar-refractivity contribution in [3.63, 3.8) is 0 Å². The van der Waals surface area contributed by atoms with Crippen LogP contribution in [0.3, 0.4) is 0 Å². The first-order valence-corrected chi connectivity index (χ1v) is 5.81. The summed E-state index contributed by atoms with van der Waals surface area (Å²) in [6, 6.07) is 6.56. The maximum atomic E-state index is 13.5. The molecule has 1 aromatic carbocycles. The van der Waals surface area contributed by atoms with Crippen LogP contribution in [0.25, 0.3) is 0 Å². The molecule has 0 saturated carbocycles. The lowest BCUT2D eigenvalue weighted by atomic mass is 10.3. The Labute approximate surface area is 113 Å². The predicted molar refractivity (Wildman–Crippen MR) is 65.4 cm³/mol. The number of hydrogen-bond donors (Lipinski definition) is 0.